The third kappa shape index (κ3) is 7.55. The van der Waals surface area contributed by atoms with E-state index in [2.05, 4.69) is 0 Å². The van der Waals surface area contributed by atoms with Crippen LogP contribution in [0.3, 0.4) is 0 Å². The van der Waals surface area contributed by atoms with Gasteiger partial charge in [-0.15, -0.1) is 0 Å². The molecule has 0 unspecified atom stereocenters. The normalized spacial score (nSPS) is 16.0. The number of aliphatic hydroxyl groups excluding tert-OH is 1. The summed E-state index contributed by atoms with van der Waals surface area (Å²) in [4.78, 5) is 28.9. The number of rotatable bonds is 14. The molecule has 0 bridgehead atoms. The molecule has 3 aromatic carbocycles. The number of aliphatic hydroxyl groups is 1. The Morgan fingerprint density at radius 1 is 0.956 bits per heavy atom. The third-order valence-electron chi connectivity index (χ3n) is 7.22. The van der Waals surface area contributed by atoms with E-state index in [1.165, 1.54) is 26.2 Å². The SMILES string of the molecule is CCOC(=O)C[C@@H]1O[C@@H](c2cccc(OC)c2OC)c2cc(Cl)cc(OCCCO)c2N(Cc2ccc(OC)cc2OC)C1=O. The molecule has 4 rings (SSSR count). The molecule has 11 nitrogen and oxygen atoms in total. The molecule has 0 fully saturated rings. The number of para-hydroxylation sites is 1. The smallest absolute Gasteiger partial charge is 0.308 e. The Morgan fingerprint density at radius 2 is 1.73 bits per heavy atom. The molecule has 1 heterocycles. The number of carbonyl (C=O) groups is 2. The molecule has 0 saturated carbocycles. The number of ether oxygens (including phenoxy) is 7. The molecule has 0 radical (unpaired) electrons. The molecule has 3 aromatic rings. The predicted octanol–water partition coefficient (Wildman–Crippen LogP) is 5.11. The average Bonchev–Trinajstić information content (AvgIpc) is 3.15. The summed E-state index contributed by atoms with van der Waals surface area (Å²) in [6, 6.07) is 13.9. The Balaban J connectivity index is 2.00. The van der Waals surface area contributed by atoms with Gasteiger partial charge in [-0.3, -0.25) is 9.59 Å². The van der Waals surface area contributed by atoms with Crippen molar-refractivity contribution in [3.63, 3.8) is 0 Å². The molecule has 0 saturated heterocycles. The molecule has 1 N–H and O–H groups in total. The first-order valence-electron chi connectivity index (χ1n) is 14.4. The van der Waals surface area contributed by atoms with E-state index >= 15 is 0 Å². The van der Waals surface area contributed by atoms with Gasteiger partial charge in [0.25, 0.3) is 5.91 Å². The lowest BCUT2D eigenvalue weighted by molar-refractivity contribution is -0.151. The number of hydrogen-bond donors (Lipinski definition) is 1. The lowest BCUT2D eigenvalue weighted by Gasteiger charge is -2.28. The van der Waals surface area contributed by atoms with E-state index in [0.717, 1.165) is 0 Å². The maximum absolute atomic E-state index is 14.5. The van der Waals surface area contributed by atoms with E-state index in [-0.39, 0.29) is 32.8 Å². The van der Waals surface area contributed by atoms with Gasteiger partial charge >= 0.3 is 5.97 Å². The molecule has 45 heavy (non-hydrogen) atoms. The van der Waals surface area contributed by atoms with Gasteiger partial charge < -0.3 is 43.2 Å². The summed E-state index contributed by atoms with van der Waals surface area (Å²) in [6.07, 6.45) is -2.24. The topological polar surface area (TPSA) is 122 Å². The van der Waals surface area contributed by atoms with Gasteiger partial charge in [0, 0.05) is 46.9 Å². The Labute approximate surface area is 267 Å². The molecule has 242 valence electrons. The standard InChI is InChI=1S/C33H38ClNO10/c1-6-43-29(37)18-28-33(38)35(19-20-11-12-22(39-2)17-26(20)41-4)30-24(15-21(34)16-27(30)44-14-8-13-36)31(45-28)23-9-7-10-25(40-3)32(23)42-5/h7,9-12,15-17,28,31,36H,6,8,13-14,18-19H2,1-5H3/t28-,31-/m0/s1. The molecular weight excluding hydrogens is 606 g/mol. The zero-order valence-electron chi connectivity index (χ0n) is 26.0. The lowest BCUT2D eigenvalue weighted by Crippen LogP contribution is -2.40. The van der Waals surface area contributed by atoms with Crippen LogP contribution in [0.25, 0.3) is 0 Å². The molecule has 1 aliphatic rings. The second-order valence-corrected chi connectivity index (χ2v) is 10.4. The first-order chi connectivity index (χ1) is 21.8. The minimum absolute atomic E-state index is 0.0155. The van der Waals surface area contributed by atoms with E-state index in [0.29, 0.717) is 62.6 Å². The van der Waals surface area contributed by atoms with Crippen molar-refractivity contribution < 1.29 is 47.9 Å². The van der Waals surface area contributed by atoms with Crippen molar-refractivity contribution in [3.8, 4) is 28.7 Å². The van der Waals surface area contributed by atoms with Gasteiger partial charge in [0.1, 0.15) is 29.5 Å². The van der Waals surface area contributed by atoms with E-state index < -0.39 is 24.1 Å². The highest BCUT2D eigenvalue weighted by atomic mass is 35.5. The fraction of sp³-hybridized carbons (Fsp3) is 0.394. The predicted molar refractivity (Wildman–Crippen MR) is 167 cm³/mol. The van der Waals surface area contributed by atoms with Crippen molar-refractivity contribution in [3.05, 3.63) is 70.2 Å². The summed E-state index contributed by atoms with van der Waals surface area (Å²) in [5, 5.41) is 9.77. The van der Waals surface area contributed by atoms with Gasteiger partial charge in [-0.25, -0.2) is 0 Å². The van der Waals surface area contributed by atoms with Gasteiger partial charge in [0.2, 0.25) is 0 Å². The minimum Gasteiger partial charge on any atom is -0.497 e. The van der Waals surface area contributed by atoms with Crippen LogP contribution in [0.2, 0.25) is 5.02 Å². The third-order valence-corrected chi connectivity index (χ3v) is 7.44. The number of carbonyl (C=O) groups excluding carboxylic acids is 2. The highest BCUT2D eigenvalue weighted by Crippen LogP contribution is 2.49. The van der Waals surface area contributed by atoms with Crippen LogP contribution in [0.4, 0.5) is 5.69 Å². The van der Waals surface area contributed by atoms with Gasteiger partial charge in [0.05, 0.1) is 60.3 Å². The van der Waals surface area contributed by atoms with Crippen LogP contribution in [-0.2, 0) is 25.6 Å². The van der Waals surface area contributed by atoms with Gasteiger partial charge in [-0.05, 0) is 31.2 Å². The molecule has 0 aromatic heterocycles. The fourth-order valence-electron chi connectivity index (χ4n) is 5.20. The zero-order valence-corrected chi connectivity index (χ0v) is 26.7. The summed E-state index contributed by atoms with van der Waals surface area (Å²) in [7, 11) is 6.10. The highest BCUT2D eigenvalue weighted by Gasteiger charge is 2.41. The minimum atomic E-state index is -1.27. The van der Waals surface area contributed by atoms with E-state index in [1.54, 1.807) is 62.6 Å². The number of esters is 1. The van der Waals surface area contributed by atoms with Crippen molar-refractivity contribution in [2.75, 3.05) is 53.2 Å². The number of benzene rings is 3. The molecule has 0 aliphatic carbocycles. The summed E-state index contributed by atoms with van der Waals surface area (Å²) >= 11 is 6.67. The molecular formula is C33H38ClNO10. The van der Waals surface area contributed by atoms with Gasteiger partial charge in [0.15, 0.2) is 11.5 Å². The van der Waals surface area contributed by atoms with E-state index in [1.807, 2.05) is 0 Å². The first-order valence-corrected chi connectivity index (χ1v) is 14.8. The summed E-state index contributed by atoms with van der Waals surface area (Å²) in [6.45, 7) is 1.90. The zero-order chi connectivity index (χ0) is 32.5. The number of anilines is 1. The number of amides is 1. The van der Waals surface area contributed by atoms with Crippen molar-refractivity contribution in [2.24, 2.45) is 0 Å². The number of fused-ring (bicyclic) bond motifs is 1. The summed E-state index contributed by atoms with van der Waals surface area (Å²) in [5.74, 6) is 1.06. The van der Waals surface area contributed by atoms with Crippen LogP contribution in [0, 0.1) is 0 Å². The molecule has 2 atom stereocenters. The van der Waals surface area contributed by atoms with Crippen molar-refractivity contribution in [1.82, 2.24) is 0 Å². The number of halogens is 1. The second kappa shape index (κ2) is 15.7. The number of nitrogens with zero attached hydrogens (tertiary/aromatic N) is 1. The number of methoxy groups -OCH3 is 4. The number of hydrogen-bond acceptors (Lipinski definition) is 10. The monoisotopic (exact) mass is 643 g/mol. The Bertz CT molecular complexity index is 1500. The van der Waals surface area contributed by atoms with Gasteiger partial charge in [-0.1, -0.05) is 23.7 Å². The largest absolute Gasteiger partial charge is 0.497 e. The molecule has 1 amide bonds. The first kappa shape index (κ1) is 33.7. The second-order valence-electron chi connectivity index (χ2n) is 9.97. The Hall–Kier alpha value is -4.19. The quantitative estimate of drug-likeness (QED) is 0.187. The van der Waals surface area contributed by atoms with Crippen molar-refractivity contribution >= 4 is 29.2 Å². The van der Waals surface area contributed by atoms with Crippen LogP contribution < -0.4 is 28.6 Å². The lowest BCUT2D eigenvalue weighted by atomic mass is 9.97. The van der Waals surface area contributed by atoms with Crippen LogP contribution in [-0.4, -0.2) is 71.3 Å². The maximum Gasteiger partial charge on any atom is 0.308 e. The van der Waals surface area contributed by atoms with Crippen molar-refractivity contribution in [1.29, 1.82) is 0 Å². The van der Waals surface area contributed by atoms with E-state index in [9.17, 15) is 14.7 Å². The van der Waals surface area contributed by atoms with E-state index in [4.69, 9.17) is 44.8 Å². The van der Waals surface area contributed by atoms with Crippen LogP contribution in [0.5, 0.6) is 28.7 Å². The fourth-order valence-corrected chi connectivity index (χ4v) is 5.41. The average molecular weight is 644 g/mol. The van der Waals surface area contributed by atoms with Crippen LogP contribution >= 0.6 is 11.6 Å². The molecule has 1 aliphatic heterocycles. The van der Waals surface area contributed by atoms with Crippen LogP contribution in [0.15, 0.2) is 48.5 Å². The van der Waals surface area contributed by atoms with Crippen LogP contribution in [0.1, 0.15) is 42.6 Å². The summed E-state index contributed by atoms with van der Waals surface area (Å²) < 4.78 is 40.2. The highest BCUT2D eigenvalue weighted by molar-refractivity contribution is 6.31. The maximum atomic E-state index is 14.5. The molecule has 12 heteroatoms. The Morgan fingerprint density at radius 3 is 2.40 bits per heavy atom. The van der Waals surface area contributed by atoms with Gasteiger partial charge in [-0.2, -0.15) is 0 Å². The summed E-state index contributed by atoms with van der Waals surface area (Å²) in [5.41, 5.74) is 2.05. The van der Waals surface area contributed by atoms with Crippen molar-refractivity contribution in [2.45, 2.75) is 38.5 Å². The Kier molecular flexibility index (Phi) is 11.8. The molecule has 0 spiro atoms.